The molecule has 1 aliphatic carbocycles. The monoisotopic (exact) mass is 222 g/mol. The van der Waals surface area contributed by atoms with Crippen molar-refractivity contribution >= 4 is 11.6 Å². The second kappa shape index (κ2) is 4.57. The van der Waals surface area contributed by atoms with Gasteiger partial charge in [0.15, 0.2) is 0 Å². The first-order valence-corrected chi connectivity index (χ1v) is 6.33. The summed E-state index contributed by atoms with van der Waals surface area (Å²) in [5.74, 6) is 0.583. The Balaban J connectivity index is 2.24. The van der Waals surface area contributed by atoms with Crippen LogP contribution >= 0.6 is 11.6 Å². The molecule has 1 aromatic carbocycles. The first kappa shape index (κ1) is 11.0. The number of hydrogen-bond acceptors (Lipinski definition) is 0. The van der Waals surface area contributed by atoms with Crippen molar-refractivity contribution in [3.63, 3.8) is 0 Å². The van der Waals surface area contributed by atoms with Crippen LogP contribution in [0.25, 0.3) is 0 Å². The van der Waals surface area contributed by atoms with Gasteiger partial charge in [0.1, 0.15) is 0 Å². The van der Waals surface area contributed by atoms with Gasteiger partial charge in [-0.25, -0.2) is 0 Å². The Bertz CT molecular complexity index is 343. The van der Waals surface area contributed by atoms with Gasteiger partial charge in [0, 0.05) is 11.3 Å². The average molecular weight is 223 g/mol. The summed E-state index contributed by atoms with van der Waals surface area (Å²) in [5.41, 5.74) is 4.21. The van der Waals surface area contributed by atoms with E-state index < -0.39 is 0 Å². The van der Waals surface area contributed by atoms with Gasteiger partial charge in [0.05, 0.1) is 0 Å². The van der Waals surface area contributed by atoms with Crippen LogP contribution in [0.15, 0.2) is 18.2 Å². The molecule has 1 heteroatoms. The fourth-order valence-corrected chi connectivity index (χ4v) is 2.88. The highest BCUT2D eigenvalue weighted by molar-refractivity contribution is 6.21. The lowest BCUT2D eigenvalue weighted by Gasteiger charge is -2.27. The van der Waals surface area contributed by atoms with Gasteiger partial charge in [-0.3, -0.25) is 0 Å². The van der Waals surface area contributed by atoms with Crippen LogP contribution in [0.1, 0.15) is 48.3 Å². The third-order valence-corrected chi connectivity index (χ3v) is 4.16. The predicted molar refractivity (Wildman–Crippen MR) is 66.8 cm³/mol. The summed E-state index contributed by atoms with van der Waals surface area (Å²) >= 11 is 6.41. The Kier molecular flexibility index (Phi) is 3.35. The van der Waals surface area contributed by atoms with Gasteiger partial charge in [-0.05, 0) is 43.4 Å². The average Bonchev–Trinajstić information content (AvgIpc) is 2.23. The van der Waals surface area contributed by atoms with E-state index in [2.05, 4.69) is 32.0 Å². The molecule has 1 aliphatic rings. The van der Waals surface area contributed by atoms with Crippen LogP contribution in [0.4, 0.5) is 0 Å². The van der Waals surface area contributed by atoms with Crippen molar-refractivity contribution in [3.8, 4) is 0 Å². The van der Waals surface area contributed by atoms with Crippen molar-refractivity contribution < 1.29 is 0 Å². The molecular weight excluding hydrogens is 204 g/mol. The van der Waals surface area contributed by atoms with E-state index in [0.29, 0.717) is 11.3 Å². The molecule has 0 saturated heterocycles. The molecule has 82 valence electrons. The lowest BCUT2D eigenvalue weighted by atomic mass is 9.83. The van der Waals surface area contributed by atoms with Crippen molar-refractivity contribution in [2.24, 2.45) is 0 Å². The first-order valence-electron chi connectivity index (χ1n) is 5.89. The van der Waals surface area contributed by atoms with Crippen LogP contribution in [-0.2, 0) is 0 Å². The van der Waals surface area contributed by atoms with Crippen LogP contribution in [0, 0.1) is 13.8 Å². The number of halogens is 1. The van der Waals surface area contributed by atoms with Gasteiger partial charge in [-0.15, -0.1) is 11.6 Å². The van der Waals surface area contributed by atoms with E-state index >= 15 is 0 Å². The molecule has 0 aliphatic heterocycles. The van der Waals surface area contributed by atoms with E-state index in [9.17, 15) is 0 Å². The quantitative estimate of drug-likeness (QED) is 0.611. The van der Waals surface area contributed by atoms with Crippen molar-refractivity contribution in [1.82, 2.24) is 0 Å². The maximum atomic E-state index is 6.41. The van der Waals surface area contributed by atoms with Crippen molar-refractivity contribution in [3.05, 3.63) is 34.9 Å². The van der Waals surface area contributed by atoms with Crippen LogP contribution in [-0.4, -0.2) is 5.38 Å². The Morgan fingerprint density at radius 2 is 1.80 bits per heavy atom. The minimum Gasteiger partial charge on any atom is -0.122 e. The Hall–Kier alpha value is -0.490. The third kappa shape index (κ3) is 2.36. The smallest absolute Gasteiger partial charge is 0.0404 e. The Morgan fingerprint density at radius 1 is 1.07 bits per heavy atom. The molecule has 2 unspecified atom stereocenters. The summed E-state index contributed by atoms with van der Waals surface area (Å²) in [6.07, 6.45) is 5.08. The second-order valence-corrected chi connectivity index (χ2v) is 5.31. The zero-order chi connectivity index (χ0) is 10.8. The lowest BCUT2D eigenvalue weighted by molar-refractivity contribution is 0.450. The van der Waals surface area contributed by atoms with Gasteiger partial charge >= 0.3 is 0 Å². The molecule has 15 heavy (non-hydrogen) atoms. The van der Waals surface area contributed by atoms with Crippen LogP contribution < -0.4 is 0 Å². The maximum Gasteiger partial charge on any atom is 0.0404 e. The normalized spacial score (nSPS) is 26.6. The highest BCUT2D eigenvalue weighted by Gasteiger charge is 2.24. The number of hydrogen-bond donors (Lipinski definition) is 0. The minimum absolute atomic E-state index is 0.348. The van der Waals surface area contributed by atoms with E-state index in [-0.39, 0.29) is 0 Å². The molecule has 1 fully saturated rings. The Morgan fingerprint density at radius 3 is 2.47 bits per heavy atom. The summed E-state index contributed by atoms with van der Waals surface area (Å²) in [7, 11) is 0. The first-order chi connectivity index (χ1) is 7.18. The predicted octanol–water partition coefficient (Wildman–Crippen LogP) is 4.57. The summed E-state index contributed by atoms with van der Waals surface area (Å²) in [4.78, 5) is 0. The molecule has 0 radical (unpaired) electrons. The number of aryl methyl sites for hydroxylation is 2. The third-order valence-electron chi connectivity index (χ3n) is 3.64. The Labute approximate surface area is 97.6 Å². The van der Waals surface area contributed by atoms with Crippen LogP contribution in [0.2, 0.25) is 0 Å². The highest BCUT2D eigenvalue weighted by Crippen LogP contribution is 2.36. The summed E-state index contributed by atoms with van der Waals surface area (Å²) < 4.78 is 0. The molecule has 0 nitrogen and oxygen atoms in total. The number of alkyl halides is 1. The number of benzene rings is 1. The SMILES string of the molecule is Cc1ccc(C2CCCCC2Cl)cc1C. The highest BCUT2D eigenvalue weighted by atomic mass is 35.5. The van der Waals surface area contributed by atoms with E-state index in [1.54, 1.807) is 0 Å². The van der Waals surface area contributed by atoms with Crippen molar-refractivity contribution in [2.45, 2.75) is 50.8 Å². The van der Waals surface area contributed by atoms with Gasteiger partial charge in [0.2, 0.25) is 0 Å². The second-order valence-electron chi connectivity index (χ2n) is 4.75. The van der Waals surface area contributed by atoms with Crippen LogP contribution in [0.5, 0.6) is 0 Å². The summed E-state index contributed by atoms with van der Waals surface area (Å²) in [6.45, 7) is 4.35. The van der Waals surface area contributed by atoms with Crippen LogP contribution in [0.3, 0.4) is 0 Å². The molecule has 2 rings (SSSR count). The van der Waals surface area contributed by atoms with Gasteiger partial charge in [0.25, 0.3) is 0 Å². The molecule has 0 spiro atoms. The van der Waals surface area contributed by atoms with E-state index in [4.69, 9.17) is 11.6 Å². The fourth-order valence-electron chi connectivity index (χ4n) is 2.46. The molecule has 1 saturated carbocycles. The topological polar surface area (TPSA) is 0 Å². The lowest BCUT2D eigenvalue weighted by Crippen LogP contribution is -2.17. The van der Waals surface area contributed by atoms with E-state index in [0.717, 1.165) is 0 Å². The van der Waals surface area contributed by atoms with E-state index in [1.165, 1.54) is 42.4 Å². The standard InChI is InChI=1S/C14H19Cl/c1-10-7-8-12(9-11(10)2)13-5-3-4-6-14(13)15/h7-9,13-14H,3-6H2,1-2H3. The molecule has 0 amide bonds. The molecule has 0 N–H and O–H groups in total. The van der Waals surface area contributed by atoms with E-state index in [1.807, 2.05) is 0 Å². The zero-order valence-corrected chi connectivity index (χ0v) is 10.3. The van der Waals surface area contributed by atoms with Gasteiger partial charge < -0.3 is 0 Å². The molecule has 1 aromatic rings. The maximum absolute atomic E-state index is 6.41. The fraction of sp³-hybridized carbons (Fsp3) is 0.571. The largest absolute Gasteiger partial charge is 0.122 e. The van der Waals surface area contributed by atoms with Gasteiger partial charge in [-0.1, -0.05) is 31.0 Å². The molecule has 0 heterocycles. The molecular formula is C14H19Cl. The van der Waals surface area contributed by atoms with Crippen molar-refractivity contribution in [1.29, 1.82) is 0 Å². The minimum atomic E-state index is 0.348. The zero-order valence-electron chi connectivity index (χ0n) is 9.59. The molecule has 0 bridgehead atoms. The van der Waals surface area contributed by atoms with Gasteiger partial charge in [-0.2, -0.15) is 0 Å². The van der Waals surface area contributed by atoms with Crippen molar-refractivity contribution in [2.75, 3.05) is 0 Å². The molecule has 2 atom stereocenters. The molecule has 0 aromatic heterocycles. The summed E-state index contributed by atoms with van der Waals surface area (Å²) in [5, 5.41) is 0.348. The summed E-state index contributed by atoms with van der Waals surface area (Å²) in [6, 6.07) is 6.80. The number of rotatable bonds is 1.